The largest absolute Gasteiger partial charge is 0.384 e. The molecule has 2 aromatic rings. The summed E-state index contributed by atoms with van der Waals surface area (Å²) in [6.45, 7) is 2.37. The van der Waals surface area contributed by atoms with E-state index in [-0.39, 0.29) is 5.92 Å². The number of hydrogen-bond acceptors (Lipinski definition) is 3. The van der Waals surface area contributed by atoms with Crippen molar-refractivity contribution in [1.29, 1.82) is 5.26 Å². The molecule has 86 valence electrons. The van der Waals surface area contributed by atoms with Crippen LogP contribution in [0.4, 0.5) is 5.82 Å². The van der Waals surface area contributed by atoms with Crippen LogP contribution < -0.4 is 5.73 Å². The van der Waals surface area contributed by atoms with E-state index < -0.39 is 0 Å². The summed E-state index contributed by atoms with van der Waals surface area (Å²) < 4.78 is 1.68. The molecule has 0 spiro atoms. The third-order valence-corrected chi connectivity index (χ3v) is 2.55. The summed E-state index contributed by atoms with van der Waals surface area (Å²) in [6.07, 6.45) is 0. The number of rotatable bonds is 3. The minimum absolute atomic E-state index is 0.0965. The lowest BCUT2D eigenvalue weighted by molar-refractivity contribution is 0.536. The Morgan fingerprint density at radius 1 is 1.41 bits per heavy atom. The van der Waals surface area contributed by atoms with Crippen LogP contribution in [0.5, 0.6) is 0 Å². The smallest absolute Gasteiger partial charge is 0.122 e. The lowest BCUT2D eigenvalue weighted by Gasteiger charge is -2.04. The van der Waals surface area contributed by atoms with Gasteiger partial charge in [0.2, 0.25) is 0 Å². The standard InChI is InChI=1S/C13H14N4/c1-10(8-14)9-17-13(15)7-12(16-17)11-5-3-2-4-6-11/h2-7,10H,9,15H2,1H3. The van der Waals surface area contributed by atoms with E-state index in [0.717, 1.165) is 11.3 Å². The van der Waals surface area contributed by atoms with Gasteiger partial charge >= 0.3 is 0 Å². The first kappa shape index (κ1) is 11.2. The third kappa shape index (κ3) is 2.45. The van der Waals surface area contributed by atoms with E-state index >= 15 is 0 Å². The lowest BCUT2D eigenvalue weighted by atomic mass is 10.2. The normalized spacial score (nSPS) is 12.0. The van der Waals surface area contributed by atoms with Crippen molar-refractivity contribution in [3.05, 3.63) is 36.4 Å². The van der Waals surface area contributed by atoms with E-state index in [2.05, 4.69) is 11.2 Å². The van der Waals surface area contributed by atoms with Gasteiger partial charge in [0.25, 0.3) is 0 Å². The molecule has 0 saturated heterocycles. The topological polar surface area (TPSA) is 67.6 Å². The number of nitriles is 1. The van der Waals surface area contributed by atoms with E-state index in [9.17, 15) is 0 Å². The molecule has 1 aromatic carbocycles. The van der Waals surface area contributed by atoms with Crippen LogP contribution in [-0.4, -0.2) is 9.78 Å². The molecule has 2 rings (SSSR count). The molecular weight excluding hydrogens is 212 g/mol. The van der Waals surface area contributed by atoms with E-state index in [1.165, 1.54) is 0 Å². The van der Waals surface area contributed by atoms with Crippen molar-refractivity contribution in [2.75, 3.05) is 5.73 Å². The molecule has 1 aromatic heterocycles. The van der Waals surface area contributed by atoms with Crippen LogP contribution in [0.3, 0.4) is 0 Å². The molecule has 1 atom stereocenters. The van der Waals surface area contributed by atoms with Gasteiger partial charge in [-0.15, -0.1) is 0 Å². The first-order valence-electron chi connectivity index (χ1n) is 5.49. The van der Waals surface area contributed by atoms with Crippen molar-refractivity contribution in [3.63, 3.8) is 0 Å². The summed E-state index contributed by atoms with van der Waals surface area (Å²) in [6, 6.07) is 13.9. The Morgan fingerprint density at radius 2 is 2.12 bits per heavy atom. The van der Waals surface area contributed by atoms with Crippen LogP contribution in [0.1, 0.15) is 6.92 Å². The van der Waals surface area contributed by atoms with Crippen LogP contribution in [-0.2, 0) is 6.54 Å². The molecule has 0 bridgehead atoms. The Hall–Kier alpha value is -2.28. The molecule has 4 heteroatoms. The van der Waals surface area contributed by atoms with Gasteiger partial charge in [-0.25, -0.2) is 4.68 Å². The maximum atomic E-state index is 8.78. The van der Waals surface area contributed by atoms with Crippen molar-refractivity contribution >= 4 is 5.82 Å². The maximum absolute atomic E-state index is 8.78. The minimum atomic E-state index is -0.0965. The number of nitrogens with two attached hydrogens (primary N) is 1. The number of anilines is 1. The highest BCUT2D eigenvalue weighted by Gasteiger charge is 2.09. The quantitative estimate of drug-likeness (QED) is 0.873. The molecule has 0 saturated carbocycles. The second-order valence-corrected chi connectivity index (χ2v) is 4.03. The second kappa shape index (κ2) is 4.71. The molecular formula is C13H14N4. The highest BCUT2D eigenvalue weighted by Crippen LogP contribution is 2.20. The zero-order chi connectivity index (χ0) is 12.3. The Labute approximate surface area is 100 Å². The Morgan fingerprint density at radius 3 is 2.76 bits per heavy atom. The summed E-state index contributed by atoms with van der Waals surface area (Å²) in [4.78, 5) is 0. The van der Waals surface area contributed by atoms with Gasteiger partial charge in [0.05, 0.1) is 24.2 Å². The third-order valence-electron chi connectivity index (χ3n) is 2.55. The fourth-order valence-corrected chi connectivity index (χ4v) is 1.63. The van der Waals surface area contributed by atoms with Gasteiger partial charge < -0.3 is 5.73 Å². The SMILES string of the molecule is CC(C#N)Cn1nc(-c2ccccc2)cc1N. The van der Waals surface area contributed by atoms with Gasteiger partial charge in [0, 0.05) is 11.6 Å². The van der Waals surface area contributed by atoms with Crippen LogP contribution in [0, 0.1) is 17.2 Å². The van der Waals surface area contributed by atoms with Crippen molar-refractivity contribution in [3.8, 4) is 17.3 Å². The lowest BCUT2D eigenvalue weighted by Crippen LogP contribution is -2.10. The molecule has 1 heterocycles. The molecule has 0 aliphatic carbocycles. The molecule has 17 heavy (non-hydrogen) atoms. The van der Waals surface area contributed by atoms with Crippen LogP contribution in [0.25, 0.3) is 11.3 Å². The van der Waals surface area contributed by atoms with Crippen LogP contribution in [0.2, 0.25) is 0 Å². The molecule has 4 nitrogen and oxygen atoms in total. The van der Waals surface area contributed by atoms with Crippen LogP contribution in [0.15, 0.2) is 36.4 Å². The fourth-order valence-electron chi connectivity index (χ4n) is 1.63. The number of nitrogen functional groups attached to an aromatic ring is 1. The average molecular weight is 226 g/mol. The first-order chi connectivity index (χ1) is 8.20. The average Bonchev–Trinajstić information content (AvgIpc) is 2.72. The summed E-state index contributed by atoms with van der Waals surface area (Å²) in [5.74, 6) is 0.492. The predicted molar refractivity (Wildman–Crippen MR) is 66.9 cm³/mol. The summed E-state index contributed by atoms with van der Waals surface area (Å²) in [5, 5.41) is 13.2. The Bertz CT molecular complexity index is 536. The van der Waals surface area contributed by atoms with E-state index in [1.807, 2.05) is 43.3 Å². The monoisotopic (exact) mass is 226 g/mol. The van der Waals surface area contributed by atoms with Crippen molar-refractivity contribution in [2.24, 2.45) is 5.92 Å². The summed E-state index contributed by atoms with van der Waals surface area (Å²) in [7, 11) is 0. The van der Waals surface area contributed by atoms with Crippen LogP contribution >= 0.6 is 0 Å². The molecule has 0 radical (unpaired) electrons. The van der Waals surface area contributed by atoms with Gasteiger partial charge in [0.15, 0.2) is 0 Å². The summed E-state index contributed by atoms with van der Waals surface area (Å²) in [5.41, 5.74) is 7.74. The molecule has 0 amide bonds. The van der Waals surface area contributed by atoms with Crippen molar-refractivity contribution in [2.45, 2.75) is 13.5 Å². The number of benzene rings is 1. The number of hydrogen-bond donors (Lipinski definition) is 1. The van der Waals surface area contributed by atoms with E-state index in [0.29, 0.717) is 12.4 Å². The predicted octanol–water partition coefficient (Wildman–Crippen LogP) is 2.29. The summed E-state index contributed by atoms with van der Waals surface area (Å²) >= 11 is 0. The fraction of sp³-hybridized carbons (Fsp3) is 0.231. The minimum Gasteiger partial charge on any atom is -0.384 e. The number of nitrogens with zero attached hydrogens (tertiary/aromatic N) is 3. The molecule has 0 aliphatic heterocycles. The van der Waals surface area contributed by atoms with Gasteiger partial charge in [-0.2, -0.15) is 10.4 Å². The van der Waals surface area contributed by atoms with Gasteiger partial charge in [-0.05, 0) is 6.92 Å². The number of aromatic nitrogens is 2. The van der Waals surface area contributed by atoms with Gasteiger partial charge in [-0.1, -0.05) is 30.3 Å². The van der Waals surface area contributed by atoms with Gasteiger partial charge in [0.1, 0.15) is 5.82 Å². The van der Waals surface area contributed by atoms with E-state index in [1.54, 1.807) is 4.68 Å². The second-order valence-electron chi connectivity index (χ2n) is 4.03. The highest BCUT2D eigenvalue weighted by atomic mass is 15.3. The van der Waals surface area contributed by atoms with Crippen molar-refractivity contribution < 1.29 is 0 Å². The van der Waals surface area contributed by atoms with Gasteiger partial charge in [-0.3, -0.25) is 0 Å². The van der Waals surface area contributed by atoms with Crippen molar-refractivity contribution in [1.82, 2.24) is 9.78 Å². The highest BCUT2D eigenvalue weighted by molar-refractivity contribution is 5.62. The molecule has 0 fully saturated rings. The zero-order valence-corrected chi connectivity index (χ0v) is 9.67. The molecule has 1 unspecified atom stereocenters. The Balaban J connectivity index is 2.29. The maximum Gasteiger partial charge on any atom is 0.122 e. The Kier molecular flexibility index (Phi) is 3.10. The zero-order valence-electron chi connectivity index (χ0n) is 9.67. The molecule has 0 aliphatic rings. The van der Waals surface area contributed by atoms with E-state index in [4.69, 9.17) is 11.0 Å². The molecule has 2 N–H and O–H groups in total. The first-order valence-corrected chi connectivity index (χ1v) is 5.49.